The lowest BCUT2D eigenvalue weighted by atomic mass is 10.1. The molecule has 1 unspecified atom stereocenters. The maximum Gasteiger partial charge on any atom is 0.255 e. The van der Waals surface area contributed by atoms with E-state index < -0.39 is 17.7 Å². The van der Waals surface area contributed by atoms with Gasteiger partial charge in [-0.05, 0) is 25.0 Å². The van der Waals surface area contributed by atoms with Gasteiger partial charge in [0.05, 0.1) is 5.56 Å². The summed E-state index contributed by atoms with van der Waals surface area (Å²) >= 11 is 0. The third-order valence-corrected chi connectivity index (χ3v) is 2.68. The van der Waals surface area contributed by atoms with Crippen molar-refractivity contribution in [3.05, 3.63) is 23.8 Å². The summed E-state index contributed by atoms with van der Waals surface area (Å²) in [5.41, 5.74) is -0.0755. The summed E-state index contributed by atoms with van der Waals surface area (Å²) in [5, 5.41) is 24.1. The van der Waals surface area contributed by atoms with Gasteiger partial charge in [-0.2, -0.15) is 0 Å². The molecule has 2 amide bonds. The highest BCUT2D eigenvalue weighted by Gasteiger charge is 2.19. The molecule has 0 bridgehead atoms. The largest absolute Gasteiger partial charge is 0.504 e. The molecule has 1 aromatic carbocycles. The molecule has 0 aliphatic heterocycles. The fourth-order valence-corrected chi connectivity index (χ4v) is 1.51. The Bertz CT molecular complexity index is 500. The highest BCUT2D eigenvalue weighted by atomic mass is 16.3. The van der Waals surface area contributed by atoms with Crippen molar-refractivity contribution in [1.82, 2.24) is 10.6 Å². The van der Waals surface area contributed by atoms with Crippen LogP contribution in [-0.2, 0) is 4.79 Å². The number of carbonyl (C=O) groups excluding carboxylic acids is 2. The van der Waals surface area contributed by atoms with Gasteiger partial charge in [0.15, 0.2) is 11.5 Å². The highest BCUT2D eigenvalue weighted by molar-refractivity contribution is 6.00. The van der Waals surface area contributed by atoms with Gasteiger partial charge in [0.25, 0.3) is 5.91 Å². The second kappa shape index (κ2) is 6.79. The standard InChI is InChI=1S/C14H20N2O4/c1-8(2)7-15-13(19)9(3)16-14(20)10-5-4-6-11(17)12(10)18/h4-6,8-9,17-18H,7H2,1-3H3,(H,15,19)(H,16,20). The molecular formula is C14H20N2O4. The number of hydrogen-bond donors (Lipinski definition) is 4. The average Bonchev–Trinajstić information content (AvgIpc) is 2.38. The average molecular weight is 280 g/mol. The predicted molar refractivity (Wildman–Crippen MR) is 74.5 cm³/mol. The van der Waals surface area contributed by atoms with E-state index in [9.17, 15) is 19.8 Å². The van der Waals surface area contributed by atoms with E-state index in [2.05, 4.69) is 10.6 Å². The van der Waals surface area contributed by atoms with Gasteiger partial charge in [0.2, 0.25) is 5.91 Å². The summed E-state index contributed by atoms with van der Waals surface area (Å²) in [6.45, 7) is 6.01. The van der Waals surface area contributed by atoms with Crippen molar-refractivity contribution >= 4 is 11.8 Å². The zero-order chi connectivity index (χ0) is 15.3. The molecule has 6 heteroatoms. The van der Waals surface area contributed by atoms with Gasteiger partial charge >= 0.3 is 0 Å². The minimum atomic E-state index is -0.733. The van der Waals surface area contributed by atoms with Gasteiger partial charge in [-0.3, -0.25) is 9.59 Å². The number of para-hydroxylation sites is 1. The Labute approximate surface area is 117 Å². The van der Waals surface area contributed by atoms with Crippen LogP contribution in [-0.4, -0.2) is 34.6 Å². The maximum absolute atomic E-state index is 11.9. The summed E-state index contributed by atoms with van der Waals surface area (Å²) in [6, 6.07) is 3.34. The summed E-state index contributed by atoms with van der Waals surface area (Å²) in [6.07, 6.45) is 0. The van der Waals surface area contributed by atoms with Gasteiger partial charge in [-0.1, -0.05) is 19.9 Å². The lowest BCUT2D eigenvalue weighted by Gasteiger charge is -2.15. The second-order valence-corrected chi connectivity index (χ2v) is 5.01. The number of phenolic OH excluding ortho intramolecular Hbond substituents is 2. The van der Waals surface area contributed by atoms with Crippen molar-refractivity contribution in [2.75, 3.05) is 6.54 Å². The zero-order valence-corrected chi connectivity index (χ0v) is 11.8. The number of carbonyl (C=O) groups is 2. The number of nitrogens with one attached hydrogen (secondary N) is 2. The number of hydrogen-bond acceptors (Lipinski definition) is 4. The molecule has 4 N–H and O–H groups in total. The predicted octanol–water partition coefficient (Wildman–Crippen LogP) is 0.988. The normalized spacial score (nSPS) is 12.0. The van der Waals surface area contributed by atoms with Crippen molar-refractivity contribution in [2.45, 2.75) is 26.8 Å². The second-order valence-electron chi connectivity index (χ2n) is 5.01. The summed E-state index contributed by atoms with van der Waals surface area (Å²) in [4.78, 5) is 23.6. The Balaban J connectivity index is 2.66. The van der Waals surface area contributed by atoms with Crippen molar-refractivity contribution in [3.8, 4) is 11.5 Å². The molecular weight excluding hydrogens is 260 g/mol. The lowest BCUT2D eigenvalue weighted by Crippen LogP contribution is -2.45. The van der Waals surface area contributed by atoms with Crippen LogP contribution in [0.1, 0.15) is 31.1 Å². The molecule has 0 saturated carbocycles. The van der Waals surface area contributed by atoms with Crippen molar-refractivity contribution in [1.29, 1.82) is 0 Å². The number of amides is 2. The van der Waals surface area contributed by atoms with E-state index in [1.165, 1.54) is 18.2 Å². The fourth-order valence-electron chi connectivity index (χ4n) is 1.51. The monoisotopic (exact) mass is 280 g/mol. The third kappa shape index (κ3) is 4.15. The maximum atomic E-state index is 11.9. The molecule has 6 nitrogen and oxygen atoms in total. The van der Waals surface area contributed by atoms with Crippen LogP contribution in [0.5, 0.6) is 11.5 Å². The Hall–Kier alpha value is -2.24. The minimum absolute atomic E-state index is 0.0755. The molecule has 0 aliphatic carbocycles. The summed E-state index contributed by atoms with van der Waals surface area (Å²) in [7, 11) is 0. The molecule has 0 spiro atoms. The first-order valence-electron chi connectivity index (χ1n) is 6.42. The first-order valence-corrected chi connectivity index (χ1v) is 6.42. The van der Waals surface area contributed by atoms with E-state index >= 15 is 0 Å². The lowest BCUT2D eigenvalue weighted by molar-refractivity contribution is -0.122. The molecule has 0 saturated heterocycles. The van der Waals surface area contributed by atoms with Gasteiger partial charge in [0.1, 0.15) is 6.04 Å². The quantitative estimate of drug-likeness (QED) is 0.604. The van der Waals surface area contributed by atoms with Crippen LogP contribution < -0.4 is 10.6 Å². The summed E-state index contributed by atoms with van der Waals surface area (Å²) < 4.78 is 0. The van der Waals surface area contributed by atoms with Gasteiger partial charge in [-0.25, -0.2) is 0 Å². The van der Waals surface area contributed by atoms with E-state index in [4.69, 9.17) is 0 Å². The molecule has 0 heterocycles. The molecule has 1 atom stereocenters. The van der Waals surface area contributed by atoms with Gasteiger partial charge in [0, 0.05) is 6.54 Å². The van der Waals surface area contributed by atoms with Crippen molar-refractivity contribution in [2.24, 2.45) is 5.92 Å². The zero-order valence-electron chi connectivity index (χ0n) is 11.8. The van der Waals surface area contributed by atoms with Crippen LogP contribution >= 0.6 is 0 Å². The van der Waals surface area contributed by atoms with Gasteiger partial charge < -0.3 is 20.8 Å². The Morgan fingerprint density at radius 3 is 2.45 bits per heavy atom. The number of phenols is 2. The first-order chi connectivity index (χ1) is 9.32. The molecule has 20 heavy (non-hydrogen) atoms. The number of aromatic hydroxyl groups is 2. The van der Waals surface area contributed by atoms with Crippen molar-refractivity contribution < 1.29 is 19.8 Å². The Morgan fingerprint density at radius 2 is 1.85 bits per heavy atom. The molecule has 0 radical (unpaired) electrons. The minimum Gasteiger partial charge on any atom is -0.504 e. The Morgan fingerprint density at radius 1 is 1.20 bits per heavy atom. The SMILES string of the molecule is CC(C)CNC(=O)C(C)NC(=O)c1cccc(O)c1O. The van der Waals surface area contributed by atoms with Crippen LogP contribution in [0.2, 0.25) is 0 Å². The highest BCUT2D eigenvalue weighted by Crippen LogP contribution is 2.27. The van der Waals surface area contributed by atoms with Crippen LogP contribution in [0.15, 0.2) is 18.2 Å². The van der Waals surface area contributed by atoms with Gasteiger partial charge in [-0.15, -0.1) is 0 Å². The van der Waals surface area contributed by atoms with E-state index in [1.807, 2.05) is 13.8 Å². The third-order valence-electron chi connectivity index (χ3n) is 2.68. The molecule has 0 fully saturated rings. The van der Waals surface area contributed by atoms with E-state index in [-0.39, 0.29) is 17.2 Å². The Kier molecular flexibility index (Phi) is 5.37. The molecule has 1 rings (SSSR count). The molecule has 1 aromatic rings. The number of benzene rings is 1. The fraction of sp³-hybridized carbons (Fsp3) is 0.429. The van der Waals surface area contributed by atoms with E-state index in [1.54, 1.807) is 6.92 Å². The van der Waals surface area contributed by atoms with E-state index in [0.717, 1.165) is 0 Å². The molecule has 0 aliphatic rings. The van der Waals surface area contributed by atoms with Crippen LogP contribution in [0, 0.1) is 5.92 Å². The first kappa shape index (κ1) is 15.8. The van der Waals surface area contributed by atoms with Crippen LogP contribution in [0.4, 0.5) is 0 Å². The van der Waals surface area contributed by atoms with E-state index in [0.29, 0.717) is 12.5 Å². The smallest absolute Gasteiger partial charge is 0.255 e. The summed E-state index contributed by atoms with van der Waals surface area (Å²) in [5.74, 6) is -1.48. The number of rotatable bonds is 5. The molecule has 110 valence electrons. The van der Waals surface area contributed by atoms with Crippen molar-refractivity contribution in [3.63, 3.8) is 0 Å². The van der Waals surface area contributed by atoms with Crippen LogP contribution in [0.25, 0.3) is 0 Å². The molecule has 0 aromatic heterocycles. The topological polar surface area (TPSA) is 98.7 Å². The van der Waals surface area contributed by atoms with Crippen LogP contribution in [0.3, 0.4) is 0 Å².